The highest BCUT2D eigenvalue weighted by Gasteiger charge is 2.31. The molecule has 0 N–H and O–H groups in total. The van der Waals surface area contributed by atoms with Crippen molar-refractivity contribution >= 4 is 17.6 Å². The molecule has 1 rings (SSSR count). The minimum Gasteiger partial charge on any atom is -0.477 e. The summed E-state index contributed by atoms with van der Waals surface area (Å²) in [4.78, 5) is 11.8. The van der Waals surface area contributed by atoms with Crippen LogP contribution in [0.5, 0.6) is 5.88 Å². The molecule has 0 bridgehead atoms. The van der Waals surface area contributed by atoms with Gasteiger partial charge in [-0.15, -0.1) is 0 Å². The third-order valence-electron chi connectivity index (χ3n) is 2.73. The van der Waals surface area contributed by atoms with E-state index in [2.05, 4.69) is 9.98 Å². The van der Waals surface area contributed by atoms with Gasteiger partial charge in [-0.05, 0) is 6.07 Å². The van der Waals surface area contributed by atoms with Crippen LogP contribution in [0.4, 0.5) is 13.2 Å². The number of hydrogen-bond acceptors (Lipinski definition) is 3. The predicted molar refractivity (Wildman–Crippen MR) is 84.0 cm³/mol. The maximum absolute atomic E-state index is 12.5. The molecule has 0 radical (unpaired) electrons. The molecule has 0 aromatic carbocycles. The van der Waals surface area contributed by atoms with Crippen molar-refractivity contribution in [3.8, 4) is 5.88 Å². The number of aromatic nitrogens is 1. The molecule has 0 fully saturated rings. The standard InChI is InChI=1S/C14H20ClF3N4O/c1-21(2)13(22(3)4)19-6-5-7-23-12-11(15)8-10(9-20-12)14(16,17)18/h8-9H,5-7H2,1-4H3. The number of ether oxygens (including phenoxy) is 1. The SMILES string of the molecule is CN(C)C(=NCCCOc1ncc(C(F)(F)F)cc1Cl)N(C)C. The number of alkyl halides is 3. The average molecular weight is 353 g/mol. The first-order chi connectivity index (χ1) is 10.6. The van der Waals surface area contributed by atoms with Crippen molar-refractivity contribution in [1.82, 2.24) is 14.8 Å². The second-order valence-electron chi connectivity index (χ2n) is 5.18. The van der Waals surface area contributed by atoms with Crippen LogP contribution in [0.15, 0.2) is 17.3 Å². The molecule has 130 valence electrons. The topological polar surface area (TPSA) is 41.0 Å². The van der Waals surface area contributed by atoms with Crippen molar-refractivity contribution in [2.75, 3.05) is 41.3 Å². The highest BCUT2D eigenvalue weighted by molar-refractivity contribution is 6.31. The van der Waals surface area contributed by atoms with Crippen LogP contribution in [-0.2, 0) is 6.18 Å². The van der Waals surface area contributed by atoms with E-state index in [0.717, 1.165) is 12.0 Å². The summed E-state index contributed by atoms with van der Waals surface area (Å²) in [6.07, 6.45) is -3.18. The molecule has 1 aromatic heterocycles. The first-order valence-corrected chi connectivity index (χ1v) is 7.25. The van der Waals surface area contributed by atoms with E-state index in [9.17, 15) is 13.2 Å². The normalized spacial score (nSPS) is 11.1. The Labute approximate surface area is 138 Å². The molecule has 0 aliphatic heterocycles. The van der Waals surface area contributed by atoms with Crippen molar-refractivity contribution in [3.63, 3.8) is 0 Å². The number of guanidine groups is 1. The summed E-state index contributed by atoms with van der Waals surface area (Å²) < 4.78 is 42.8. The summed E-state index contributed by atoms with van der Waals surface area (Å²) in [5.41, 5.74) is -0.902. The van der Waals surface area contributed by atoms with Gasteiger partial charge in [0.2, 0.25) is 5.88 Å². The first kappa shape index (κ1) is 19.3. The summed E-state index contributed by atoms with van der Waals surface area (Å²) in [7, 11) is 7.56. The molecular formula is C14H20ClF3N4O. The molecule has 0 amide bonds. The van der Waals surface area contributed by atoms with E-state index >= 15 is 0 Å². The van der Waals surface area contributed by atoms with Crippen LogP contribution in [0, 0.1) is 0 Å². The molecule has 0 saturated carbocycles. The van der Waals surface area contributed by atoms with Gasteiger partial charge in [-0.25, -0.2) is 4.98 Å². The zero-order valence-corrected chi connectivity index (χ0v) is 14.2. The van der Waals surface area contributed by atoms with Crippen molar-refractivity contribution in [3.05, 3.63) is 22.8 Å². The van der Waals surface area contributed by atoms with Gasteiger partial charge >= 0.3 is 6.18 Å². The Kier molecular flexibility index (Phi) is 6.93. The Bertz CT molecular complexity index is 537. The van der Waals surface area contributed by atoms with Crippen LogP contribution < -0.4 is 4.74 Å². The lowest BCUT2D eigenvalue weighted by Crippen LogP contribution is -2.35. The first-order valence-electron chi connectivity index (χ1n) is 6.87. The fraction of sp³-hybridized carbons (Fsp3) is 0.571. The second-order valence-corrected chi connectivity index (χ2v) is 5.59. The van der Waals surface area contributed by atoms with Crippen molar-refractivity contribution < 1.29 is 17.9 Å². The summed E-state index contributed by atoms with van der Waals surface area (Å²) in [6.45, 7) is 0.777. The number of rotatable bonds is 5. The maximum Gasteiger partial charge on any atom is 0.417 e. The maximum atomic E-state index is 12.5. The van der Waals surface area contributed by atoms with E-state index in [4.69, 9.17) is 16.3 Å². The molecule has 5 nitrogen and oxygen atoms in total. The van der Waals surface area contributed by atoms with Crippen molar-refractivity contribution in [1.29, 1.82) is 0 Å². The van der Waals surface area contributed by atoms with Gasteiger partial charge in [-0.2, -0.15) is 13.2 Å². The lowest BCUT2D eigenvalue weighted by atomic mass is 10.3. The molecular weight excluding hydrogens is 333 g/mol. The van der Waals surface area contributed by atoms with Gasteiger partial charge in [-0.3, -0.25) is 4.99 Å². The van der Waals surface area contributed by atoms with Gasteiger partial charge in [0.25, 0.3) is 0 Å². The zero-order valence-electron chi connectivity index (χ0n) is 13.5. The third kappa shape index (κ3) is 6.13. The Morgan fingerprint density at radius 1 is 1.26 bits per heavy atom. The molecule has 0 atom stereocenters. The molecule has 1 aromatic rings. The highest BCUT2D eigenvalue weighted by Crippen LogP contribution is 2.33. The Morgan fingerprint density at radius 3 is 2.35 bits per heavy atom. The number of pyridine rings is 1. The van der Waals surface area contributed by atoms with Crippen molar-refractivity contribution in [2.45, 2.75) is 12.6 Å². The van der Waals surface area contributed by atoms with Crippen molar-refractivity contribution in [2.24, 2.45) is 4.99 Å². The summed E-state index contributed by atoms with van der Waals surface area (Å²) in [5, 5.41) is -0.161. The zero-order chi connectivity index (χ0) is 17.6. The molecule has 0 aliphatic rings. The highest BCUT2D eigenvalue weighted by atomic mass is 35.5. The lowest BCUT2D eigenvalue weighted by molar-refractivity contribution is -0.137. The Balaban J connectivity index is 2.52. The fourth-order valence-corrected chi connectivity index (χ4v) is 2.00. The van der Waals surface area contributed by atoms with E-state index in [1.54, 1.807) is 0 Å². The lowest BCUT2D eigenvalue weighted by Gasteiger charge is -2.22. The van der Waals surface area contributed by atoms with Crippen LogP contribution in [0.25, 0.3) is 0 Å². The molecule has 0 unspecified atom stereocenters. The van der Waals surface area contributed by atoms with Crippen LogP contribution in [-0.4, -0.2) is 62.1 Å². The second kappa shape index (κ2) is 8.24. The minimum absolute atomic E-state index is 0.0101. The fourth-order valence-electron chi connectivity index (χ4n) is 1.78. The molecule has 9 heteroatoms. The van der Waals surface area contributed by atoms with Gasteiger partial charge < -0.3 is 14.5 Å². The van der Waals surface area contributed by atoms with Crippen LogP contribution in [0.3, 0.4) is 0 Å². The predicted octanol–water partition coefficient (Wildman–Crippen LogP) is 3.00. The van der Waals surface area contributed by atoms with Crippen LogP contribution in [0.1, 0.15) is 12.0 Å². The number of nitrogens with zero attached hydrogens (tertiary/aromatic N) is 4. The van der Waals surface area contributed by atoms with Gasteiger partial charge in [0.15, 0.2) is 5.96 Å². The van der Waals surface area contributed by atoms with E-state index in [-0.39, 0.29) is 17.5 Å². The minimum atomic E-state index is -4.47. The van der Waals surface area contributed by atoms with E-state index in [1.807, 2.05) is 38.0 Å². The summed E-state index contributed by atoms with van der Waals surface area (Å²) in [5.74, 6) is 0.805. The summed E-state index contributed by atoms with van der Waals surface area (Å²) >= 11 is 5.75. The Morgan fingerprint density at radius 2 is 1.87 bits per heavy atom. The quantitative estimate of drug-likeness (QED) is 0.464. The molecule has 1 heterocycles. The van der Waals surface area contributed by atoms with Crippen LogP contribution in [0.2, 0.25) is 5.02 Å². The average Bonchev–Trinajstić information content (AvgIpc) is 2.42. The largest absolute Gasteiger partial charge is 0.477 e. The Hall–Kier alpha value is -1.70. The molecule has 0 spiro atoms. The summed E-state index contributed by atoms with van der Waals surface area (Å²) in [6, 6.07) is 0.804. The van der Waals surface area contributed by atoms with Crippen LogP contribution >= 0.6 is 11.6 Å². The van der Waals surface area contributed by atoms with Gasteiger partial charge in [-0.1, -0.05) is 11.6 Å². The number of hydrogen-bond donors (Lipinski definition) is 0. The van der Waals surface area contributed by atoms with E-state index in [0.29, 0.717) is 19.2 Å². The van der Waals surface area contributed by atoms with E-state index in [1.165, 1.54) is 0 Å². The smallest absolute Gasteiger partial charge is 0.417 e. The third-order valence-corrected chi connectivity index (χ3v) is 3.00. The van der Waals surface area contributed by atoms with Gasteiger partial charge in [0.1, 0.15) is 5.02 Å². The van der Waals surface area contributed by atoms with E-state index < -0.39 is 11.7 Å². The van der Waals surface area contributed by atoms with Gasteiger partial charge in [0.05, 0.1) is 12.2 Å². The number of halogens is 4. The molecule has 0 saturated heterocycles. The van der Waals surface area contributed by atoms with Gasteiger partial charge in [0, 0.05) is 47.4 Å². The number of aliphatic imine (C=N–C) groups is 1. The molecule has 23 heavy (non-hydrogen) atoms. The monoisotopic (exact) mass is 352 g/mol. The molecule has 0 aliphatic carbocycles.